The molecule has 1 aromatic rings. The summed E-state index contributed by atoms with van der Waals surface area (Å²) in [6.07, 6.45) is 0. The number of hydrogen-bond acceptors (Lipinski definition) is 2. The molecule has 0 bridgehead atoms. The van der Waals surface area contributed by atoms with Crippen molar-refractivity contribution >= 4 is 5.69 Å². The van der Waals surface area contributed by atoms with Crippen molar-refractivity contribution in [2.45, 2.75) is 26.8 Å². The molecule has 1 atom stereocenters. The maximum Gasteiger partial charge on any atom is 0.0369 e. The Morgan fingerprint density at radius 2 is 2.15 bits per heavy atom. The molecule has 0 aliphatic heterocycles. The number of benzene rings is 1. The van der Waals surface area contributed by atoms with Gasteiger partial charge in [-0.05, 0) is 38.0 Å². The number of nitrogens with two attached hydrogens (primary N) is 1. The summed E-state index contributed by atoms with van der Waals surface area (Å²) in [5.41, 5.74) is 9.44. The fraction of sp³-hybridized carbons (Fsp3) is 0.455. The molecule has 3 N–H and O–H groups in total. The van der Waals surface area contributed by atoms with Gasteiger partial charge in [0.2, 0.25) is 0 Å². The minimum atomic E-state index is 0.120. The Morgan fingerprint density at radius 1 is 1.46 bits per heavy atom. The lowest BCUT2D eigenvalue weighted by Gasteiger charge is -2.11. The molecule has 0 saturated carbocycles. The third kappa shape index (κ3) is 2.46. The van der Waals surface area contributed by atoms with Crippen LogP contribution in [0.2, 0.25) is 0 Å². The molecule has 0 saturated heterocycles. The largest absolute Gasteiger partial charge is 0.385 e. The summed E-state index contributed by atoms with van der Waals surface area (Å²) in [6, 6.07) is 6.44. The first-order valence-corrected chi connectivity index (χ1v) is 4.75. The Morgan fingerprint density at radius 3 is 2.62 bits per heavy atom. The van der Waals surface area contributed by atoms with Crippen LogP contribution < -0.4 is 11.1 Å². The summed E-state index contributed by atoms with van der Waals surface area (Å²) in [6.45, 7) is 7.16. The lowest BCUT2D eigenvalue weighted by molar-refractivity contribution is 0.817. The highest BCUT2D eigenvalue weighted by atomic mass is 14.9. The fourth-order valence-corrected chi connectivity index (χ4v) is 1.36. The van der Waals surface area contributed by atoms with E-state index >= 15 is 0 Å². The number of anilines is 1. The van der Waals surface area contributed by atoms with E-state index in [1.807, 2.05) is 6.92 Å². The fourth-order valence-electron chi connectivity index (χ4n) is 1.36. The Bertz CT molecular complexity index is 279. The van der Waals surface area contributed by atoms with Crippen molar-refractivity contribution in [3.8, 4) is 0 Å². The van der Waals surface area contributed by atoms with Crippen molar-refractivity contribution < 1.29 is 0 Å². The van der Waals surface area contributed by atoms with Crippen molar-refractivity contribution in [3.63, 3.8) is 0 Å². The van der Waals surface area contributed by atoms with Gasteiger partial charge in [-0.15, -0.1) is 0 Å². The van der Waals surface area contributed by atoms with Gasteiger partial charge in [0, 0.05) is 18.3 Å². The van der Waals surface area contributed by atoms with Crippen LogP contribution in [0.25, 0.3) is 0 Å². The highest BCUT2D eigenvalue weighted by Gasteiger charge is 2.01. The molecule has 0 aliphatic rings. The molecule has 72 valence electrons. The SMILES string of the molecule is CCNc1ccc([C@@H](C)N)cc1C. The lowest BCUT2D eigenvalue weighted by atomic mass is 10.1. The molecule has 2 heteroatoms. The van der Waals surface area contributed by atoms with E-state index < -0.39 is 0 Å². The molecule has 1 aromatic carbocycles. The number of nitrogens with one attached hydrogen (secondary N) is 1. The summed E-state index contributed by atoms with van der Waals surface area (Å²) < 4.78 is 0. The molecular weight excluding hydrogens is 160 g/mol. The van der Waals surface area contributed by atoms with Crippen molar-refractivity contribution in [1.29, 1.82) is 0 Å². The normalized spacial score (nSPS) is 12.6. The molecule has 0 heterocycles. The molecule has 0 spiro atoms. The average Bonchev–Trinajstić information content (AvgIpc) is 2.08. The zero-order valence-corrected chi connectivity index (χ0v) is 8.59. The molecule has 0 fully saturated rings. The lowest BCUT2D eigenvalue weighted by Crippen LogP contribution is -2.06. The predicted octanol–water partition coefficient (Wildman–Crippen LogP) is 2.45. The monoisotopic (exact) mass is 178 g/mol. The quantitative estimate of drug-likeness (QED) is 0.746. The Labute approximate surface area is 80.1 Å². The van der Waals surface area contributed by atoms with Gasteiger partial charge in [0.25, 0.3) is 0 Å². The summed E-state index contributed by atoms with van der Waals surface area (Å²) in [5.74, 6) is 0. The third-order valence-electron chi connectivity index (χ3n) is 2.14. The average molecular weight is 178 g/mol. The van der Waals surface area contributed by atoms with E-state index in [1.54, 1.807) is 0 Å². The van der Waals surface area contributed by atoms with Crippen LogP contribution in [-0.4, -0.2) is 6.54 Å². The van der Waals surface area contributed by atoms with Crippen LogP contribution in [0.15, 0.2) is 18.2 Å². The Hall–Kier alpha value is -1.02. The van der Waals surface area contributed by atoms with Crippen molar-refractivity contribution in [2.24, 2.45) is 5.73 Å². The van der Waals surface area contributed by atoms with Crippen LogP contribution in [0, 0.1) is 6.92 Å². The van der Waals surface area contributed by atoms with E-state index in [-0.39, 0.29) is 6.04 Å². The Balaban J connectivity index is 2.92. The van der Waals surface area contributed by atoms with E-state index in [2.05, 4.69) is 37.4 Å². The standard InChI is InChI=1S/C11H18N2/c1-4-13-11-6-5-10(9(3)12)7-8(11)2/h5-7,9,13H,4,12H2,1-3H3/t9-/m1/s1. The van der Waals surface area contributed by atoms with E-state index in [9.17, 15) is 0 Å². The van der Waals surface area contributed by atoms with Gasteiger partial charge < -0.3 is 11.1 Å². The molecule has 1 rings (SSSR count). The molecule has 0 aromatic heterocycles. The molecular formula is C11H18N2. The van der Waals surface area contributed by atoms with Gasteiger partial charge >= 0.3 is 0 Å². The van der Waals surface area contributed by atoms with Gasteiger partial charge in [-0.1, -0.05) is 12.1 Å². The predicted molar refractivity (Wildman–Crippen MR) is 57.9 cm³/mol. The van der Waals surface area contributed by atoms with E-state index in [0.29, 0.717) is 0 Å². The summed E-state index contributed by atoms with van der Waals surface area (Å²) >= 11 is 0. The van der Waals surface area contributed by atoms with Gasteiger partial charge in [-0.3, -0.25) is 0 Å². The van der Waals surface area contributed by atoms with Crippen LogP contribution in [-0.2, 0) is 0 Å². The van der Waals surface area contributed by atoms with Crippen LogP contribution in [0.3, 0.4) is 0 Å². The van der Waals surface area contributed by atoms with Crippen LogP contribution in [0.5, 0.6) is 0 Å². The summed E-state index contributed by atoms with van der Waals surface area (Å²) in [7, 11) is 0. The molecule has 0 amide bonds. The van der Waals surface area contributed by atoms with Crippen LogP contribution in [0.1, 0.15) is 31.0 Å². The maximum atomic E-state index is 5.79. The second-order valence-corrected chi connectivity index (χ2v) is 3.39. The molecule has 0 aliphatic carbocycles. The zero-order valence-electron chi connectivity index (χ0n) is 8.59. The number of hydrogen-bond donors (Lipinski definition) is 2. The first-order chi connectivity index (χ1) is 6.15. The van der Waals surface area contributed by atoms with Gasteiger partial charge in [-0.25, -0.2) is 0 Å². The smallest absolute Gasteiger partial charge is 0.0369 e. The van der Waals surface area contributed by atoms with Gasteiger partial charge in [0.05, 0.1) is 0 Å². The third-order valence-corrected chi connectivity index (χ3v) is 2.14. The van der Waals surface area contributed by atoms with Crippen LogP contribution in [0.4, 0.5) is 5.69 Å². The molecule has 13 heavy (non-hydrogen) atoms. The van der Waals surface area contributed by atoms with Crippen molar-refractivity contribution in [2.75, 3.05) is 11.9 Å². The second-order valence-electron chi connectivity index (χ2n) is 3.39. The molecule has 0 unspecified atom stereocenters. The Kier molecular flexibility index (Phi) is 3.32. The zero-order chi connectivity index (χ0) is 9.84. The highest BCUT2D eigenvalue weighted by molar-refractivity contribution is 5.52. The van der Waals surface area contributed by atoms with E-state index in [4.69, 9.17) is 5.73 Å². The first kappa shape index (κ1) is 10.1. The van der Waals surface area contributed by atoms with Crippen molar-refractivity contribution in [3.05, 3.63) is 29.3 Å². The minimum Gasteiger partial charge on any atom is -0.385 e. The number of aryl methyl sites for hydroxylation is 1. The minimum absolute atomic E-state index is 0.120. The molecule has 2 nitrogen and oxygen atoms in total. The van der Waals surface area contributed by atoms with Gasteiger partial charge in [0.1, 0.15) is 0 Å². The number of rotatable bonds is 3. The van der Waals surface area contributed by atoms with Crippen molar-refractivity contribution in [1.82, 2.24) is 0 Å². The van der Waals surface area contributed by atoms with Crippen LogP contribution >= 0.6 is 0 Å². The van der Waals surface area contributed by atoms with E-state index in [1.165, 1.54) is 16.8 Å². The van der Waals surface area contributed by atoms with E-state index in [0.717, 1.165) is 6.54 Å². The summed E-state index contributed by atoms with van der Waals surface area (Å²) in [4.78, 5) is 0. The molecule has 0 radical (unpaired) electrons. The van der Waals surface area contributed by atoms with Gasteiger partial charge in [0.15, 0.2) is 0 Å². The summed E-state index contributed by atoms with van der Waals surface area (Å²) in [5, 5.41) is 3.30. The first-order valence-electron chi connectivity index (χ1n) is 4.75. The highest BCUT2D eigenvalue weighted by Crippen LogP contribution is 2.19. The topological polar surface area (TPSA) is 38.0 Å². The second kappa shape index (κ2) is 4.28. The van der Waals surface area contributed by atoms with Gasteiger partial charge in [-0.2, -0.15) is 0 Å². The maximum absolute atomic E-state index is 5.79.